The smallest absolute Gasteiger partial charge is 0.123 e. The van der Waals surface area contributed by atoms with Crippen molar-refractivity contribution in [1.29, 1.82) is 0 Å². The molecule has 1 unspecified atom stereocenters. The molecule has 0 saturated carbocycles. The van der Waals surface area contributed by atoms with E-state index in [0.29, 0.717) is 5.92 Å². The molecule has 1 atom stereocenters. The van der Waals surface area contributed by atoms with Gasteiger partial charge >= 0.3 is 0 Å². The van der Waals surface area contributed by atoms with Crippen LogP contribution in [0.4, 0.5) is 0 Å². The van der Waals surface area contributed by atoms with Crippen LogP contribution in [0.3, 0.4) is 0 Å². The molecule has 1 heteroatoms. The number of hydrogen-bond acceptors (Lipinski definition) is 1. The molecule has 18 heavy (non-hydrogen) atoms. The summed E-state index contributed by atoms with van der Waals surface area (Å²) in [6.45, 7) is 15.5. The van der Waals surface area contributed by atoms with Gasteiger partial charge in [0.05, 0.1) is 6.61 Å². The van der Waals surface area contributed by atoms with Gasteiger partial charge in [0.15, 0.2) is 0 Å². The van der Waals surface area contributed by atoms with Crippen molar-refractivity contribution in [1.82, 2.24) is 0 Å². The molecule has 0 aromatic heterocycles. The van der Waals surface area contributed by atoms with Gasteiger partial charge in [-0.25, -0.2) is 0 Å². The molecule has 0 fully saturated rings. The highest BCUT2D eigenvalue weighted by Crippen LogP contribution is 2.47. The third-order valence-electron chi connectivity index (χ3n) is 3.76. The van der Waals surface area contributed by atoms with E-state index in [1.54, 1.807) is 0 Å². The second kappa shape index (κ2) is 4.64. The minimum Gasteiger partial charge on any atom is -0.493 e. The van der Waals surface area contributed by atoms with Crippen molar-refractivity contribution in [2.45, 2.75) is 33.1 Å². The molecule has 0 bridgehead atoms. The van der Waals surface area contributed by atoms with Crippen LogP contribution in [-0.4, -0.2) is 6.61 Å². The molecule has 0 amide bonds. The summed E-state index contributed by atoms with van der Waals surface area (Å²) < 4.78 is 5.81. The van der Waals surface area contributed by atoms with E-state index >= 15 is 0 Å². The van der Waals surface area contributed by atoms with Crippen molar-refractivity contribution in [2.24, 2.45) is 5.41 Å². The van der Waals surface area contributed by atoms with Gasteiger partial charge in [-0.1, -0.05) is 52.1 Å². The molecular formula is C17H22O. The van der Waals surface area contributed by atoms with Crippen molar-refractivity contribution < 1.29 is 4.74 Å². The van der Waals surface area contributed by atoms with Gasteiger partial charge in [0.1, 0.15) is 5.75 Å². The molecular weight excluding hydrogens is 220 g/mol. The Morgan fingerprint density at radius 2 is 1.94 bits per heavy atom. The Morgan fingerprint density at radius 1 is 1.22 bits per heavy atom. The Kier molecular flexibility index (Phi) is 3.34. The summed E-state index contributed by atoms with van der Waals surface area (Å²) in [6, 6.07) is 4.13. The van der Waals surface area contributed by atoms with E-state index in [2.05, 4.69) is 46.1 Å². The van der Waals surface area contributed by atoms with Crippen molar-refractivity contribution in [3.8, 4) is 5.75 Å². The summed E-state index contributed by atoms with van der Waals surface area (Å²) in [5, 5.41) is 0. The van der Waals surface area contributed by atoms with Crippen LogP contribution in [0.1, 0.15) is 49.8 Å². The van der Waals surface area contributed by atoms with E-state index in [4.69, 9.17) is 4.74 Å². The molecule has 1 aliphatic heterocycles. The van der Waals surface area contributed by atoms with Crippen LogP contribution in [0.2, 0.25) is 0 Å². The zero-order valence-electron chi connectivity index (χ0n) is 11.6. The van der Waals surface area contributed by atoms with E-state index < -0.39 is 0 Å². The second-order valence-corrected chi connectivity index (χ2v) is 5.94. The lowest BCUT2D eigenvalue weighted by Gasteiger charge is -2.37. The van der Waals surface area contributed by atoms with Crippen LogP contribution in [-0.2, 0) is 0 Å². The van der Waals surface area contributed by atoms with Gasteiger partial charge in [0.25, 0.3) is 0 Å². The lowest BCUT2D eigenvalue weighted by atomic mass is 9.71. The molecule has 1 nitrogen and oxygen atoms in total. The van der Waals surface area contributed by atoms with Crippen molar-refractivity contribution >= 4 is 12.2 Å². The molecule has 0 saturated heterocycles. The largest absolute Gasteiger partial charge is 0.493 e. The first-order chi connectivity index (χ1) is 8.49. The van der Waals surface area contributed by atoms with E-state index in [1.165, 1.54) is 11.1 Å². The van der Waals surface area contributed by atoms with Gasteiger partial charge in [-0.3, -0.25) is 0 Å². The highest BCUT2D eigenvalue weighted by atomic mass is 16.5. The van der Waals surface area contributed by atoms with Crippen LogP contribution in [0.15, 0.2) is 25.3 Å². The third-order valence-corrected chi connectivity index (χ3v) is 3.76. The van der Waals surface area contributed by atoms with Gasteiger partial charge in [0, 0.05) is 5.56 Å². The first kappa shape index (κ1) is 12.9. The van der Waals surface area contributed by atoms with Gasteiger partial charge in [-0.05, 0) is 34.9 Å². The van der Waals surface area contributed by atoms with Crippen molar-refractivity contribution in [3.63, 3.8) is 0 Å². The fraction of sp³-hybridized carbons (Fsp3) is 0.412. The monoisotopic (exact) mass is 242 g/mol. The Bertz CT molecular complexity index is 477. The average molecular weight is 242 g/mol. The number of ether oxygens (including phenoxy) is 1. The first-order valence-electron chi connectivity index (χ1n) is 6.53. The number of rotatable bonds is 2. The summed E-state index contributed by atoms with van der Waals surface area (Å²) in [5.41, 5.74) is 3.86. The third kappa shape index (κ3) is 2.10. The van der Waals surface area contributed by atoms with Crippen LogP contribution < -0.4 is 4.74 Å². The number of hydrogen-bond donors (Lipinski definition) is 0. The summed E-state index contributed by atoms with van der Waals surface area (Å²) >= 11 is 0. The average Bonchev–Trinajstić information content (AvgIpc) is 2.35. The zero-order chi connectivity index (χ0) is 13.3. The maximum absolute atomic E-state index is 5.81. The fourth-order valence-electron chi connectivity index (χ4n) is 2.82. The van der Waals surface area contributed by atoms with Gasteiger partial charge in [0.2, 0.25) is 0 Å². The highest BCUT2D eigenvalue weighted by Gasteiger charge is 2.33. The quantitative estimate of drug-likeness (QED) is 0.717. The van der Waals surface area contributed by atoms with Crippen LogP contribution in [0.25, 0.3) is 12.2 Å². The Hall–Kier alpha value is -1.50. The molecule has 1 heterocycles. The molecule has 1 aromatic carbocycles. The lowest BCUT2D eigenvalue weighted by molar-refractivity contribution is 0.203. The summed E-state index contributed by atoms with van der Waals surface area (Å²) in [5.74, 6) is 1.52. The summed E-state index contributed by atoms with van der Waals surface area (Å²) in [7, 11) is 0. The van der Waals surface area contributed by atoms with Crippen molar-refractivity contribution in [3.05, 3.63) is 42.0 Å². The molecule has 0 spiro atoms. The summed E-state index contributed by atoms with van der Waals surface area (Å²) in [6.07, 6.45) is 4.90. The molecule has 0 N–H and O–H groups in total. The van der Waals surface area contributed by atoms with Crippen LogP contribution in [0, 0.1) is 5.41 Å². The van der Waals surface area contributed by atoms with E-state index in [0.717, 1.165) is 24.3 Å². The maximum Gasteiger partial charge on any atom is 0.123 e. The Labute approximate surface area is 110 Å². The van der Waals surface area contributed by atoms with E-state index in [1.807, 2.05) is 12.2 Å². The molecule has 2 rings (SSSR count). The first-order valence-corrected chi connectivity index (χ1v) is 6.53. The standard InChI is InChI=1S/C17H22O/c1-6-12-8-9-15-16(13(12)7-2)14(10-11-18-15)17(3,4)5/h6-9,14H,1-2,10-11H2,3-5H3. The van der Waals surface area contributed by atoms with Gasteiger partial charge < -0.3 is 4.74 Å². The van der Waals surface area contributed by atoms with Crippen molar-refractivity contribution in [2.75, 3.05) is 6.61 Å². The molecule has 0 radical (unpaired) electrons. The maximum atomic E-state index is 5.81. The lowest BCUT2D eigenvalue weighted by Crippen LogP contribution is -2.26. The van der Waals surface area contributed by atoms with E-state index in [9.17, 15) is 0 Å². The minimum atomic E-state index is 0.232. The molecule has 96 valence electrons. The SMILES string of the molecule is C=Cc1ccc2c(c1C=C)C(C(C)(C)C)CCO2. The molecule has 0 aliphatic carbocycles. The normalized spacial score (nSPS) is 18.7. The predicted octanol–water partition coefficient (Wildman–Crippen LogP) is 4.88. The van der Waals surface area contributed by atoms with Crippen LogP contribution >= 0.6 is 0 Å². The van der Waals surface area contributed by atoms with Gasteiger partial charge in [-0.2, -0.15) is 0 Å². The highest BCUT2D eigenvalue weighted by molar-refractivity contribution is 5.70. The number of fused-ring (bicyclic) bond motifs is 1. The molecule has 1 aliphatic rings. The zero-order valence-corrected chi connectivity index (χ0v) is 11.6. The van der Waals surface area contributed by atoms with Crippen LogP contribution in [0.5, 0.6) is 5.75 Å². The van der Waals surface area contributed by atoms with E-state index in [-0.39, 0.29) is 5.41 Å². The fourth-order valence-corrected chi connectivity index (χ4v) is 2.82. The number of benzene rings is 1. The Balaban J connectivity index is 2.67. The summed E-state index contributed by atoms with van der Waals surface area (Å²) in [4.78, 5) is 0. The molecule has 1 aromatic rings. The second-order valence-electron chi connectivity index (χ2n) is 5.94. The topological polar surface area (TPSA) is 9.23 Å². The predicted molar refractivity (Wildman–Crippen MR) is 78.9 cm³/mol. The Morgan fingerprint density at radius 3 is 2.50 bits per heavy atom. The minimum absolute atomic E-state index is 0.232. The van der Waals surface area contributed by atoms with Gasteiger partial charge in [-0.15, -0.1) is 0 Å².